The Morgan fingerprint density at radius 3 is 1.30 bits per heavy atom. The van der Waals surface area contributed by atoms with E-state index in [0.717, 1.165) is 21.5 Å². The van der Waals surface area contributed by atoms with Crippen LogP contribution in [0.5, 0.6) is 23.0 Å². The van der Waals surface area contributed by atoms with Crippen LogP contribution in [0.25, 0.3) is 21.5 Å². The SMILES string of the molecule is CC1(C)O[C@@H]([C@H]2OC(C)(C)O[C@@H]2COc2cc3ccccc3cc2O)[C@H](COc2cc3ccccc3cc2O)O1. The Balaban J connectivity index is 1.20. The molecule has 2 fully saturated rings. The molecule has 0 aliphatic carbocycles. The molecule has 0 unspecified atom stereocenters. The van der Waals surface area contributed by atoms with Crippen molar-refractivity contribution in [1.82, 2.24) is 0 Å². The second kappa shape index (κ2) is 10.1. The van der Waals surface area contributed by atoms with E-state index in [9.17, 15) is 10.2 Å². The molecular weight excluding hydrogens is 512 g/mol. The van der Waals surface area contributed by atoms with E-state index in [0.29, 0.717) is 11.5 Å². The molecule has 6 rings (SSSR count). The van der Waals surface area contributed by atoms with Gasteiger partial charge in [0.2, 0.25) is 0 Å². The lowest BCUT2D eigenvalue weighted by Crippen LogP contribution is -2.45. The molecule has 0 amide bonds. The fourth-order valence-corrected chi connectivity index (χ4v) is 5.53. The van der Waals surface area contributed by atoms with Crippen LogP contribution in [0.2, 0.25) is 0 Å². The first-order chi connectivity index (χ1) is 19.1. The maximum atomic E-state index is 10.6. The Kier molecular flexibility index (Phi) is 6.74. The third kappa shape index (κ3) is 5.40. The summed E-state index contributed by atoms with van der Waals surface area (Å²) in [5, 5.41) is 24.9. The second-order valence-corrected chi connectivity index (χ2v) is 11.2. The average molecular weight is 547 g/mol. The van der Waals surface area contributed by atoms with Gasteiger partial charge in [0.1, 0.15) is 37.6 Å². The lowest BCUT2D eigenvalue weighted by Gasteiger charge is -2.26. The van der Waals surface area contributed by atoms with Crippen LogP contribution in [0.1, 0.15) is 27.7 Å². The highest BCUT2D eigenvalue weighted by atomic mass is 16.8. The van der Waals surface area contributed by atoms with Gasteiger partial charge in [-0.25, -0.2) is 0 Å². The number of hydrogen-bond acceptors (Lipinski definition) is 8. The maximum Gasteiger partial charge on any atom is 0.164 e. The second-order valence-electron chi connectivity index (χ2n) is 11.2. The van der Waals surface area contributed by atoms with Gasteiger partial charge in [0.25, 0.3) is 0 Å². The highest BCUT2D eigenvalue weighted by molar-refractivity contribution is 5.86. The monoisotopic (exact) mass is 546 g/mol. The van der Waals surface area contributed by atoms with Gasteiger partial charge in [-0.05, 0) is 73.5 Å². The van der Waals surface area contributed by atoms with Crippen molar-refractivity contribution in [3.8, 4) is 23.0 Å². The van der Waals surface area contributed by atoms with Crippen molar-refractivity contribution in [1.29, 1.82) is 0 Å². The fourth-order valence-electron chi connectivity index (χ4n) is 5.53. The van der Waals surface area contributed by atoms with Gasteiger partial charge < -0.3 is 38.6 Å². The van der Waals surface area contributed by atoms with Crippen LogP contribution in [0, 0.1) is 0 Å². The lowest BCUT2D eigenvalue weighted by molar-refractivity contribution is -0.175. The quantitative estimate of drug-likeness (QED) is 0.296. The van der Waals surface area contributed by atoms with Crippen LogP contribution in [-0.2, 0) is 18.9 Å². The number of phenolic OH excluding ortho intramolecular Hbond substituents is 2. The Bertz CT molecular complexity index is 1420. The van der Waals surface area contributed by atoms with Crippen molar-refractivity contribution in [3.05, 3.63) is 72.8 Å². The average Bonchev–Trinajstić information content (AvgIpc) is 3.39. The molecular formula is C32H34O8. The molecule has 210 valence electrons. The number of benzene rings is 4. The Labute approximate surface area is 232 Å². The van der Waals surface area contributed by atoms with Gasteiger partial charge >= 0.3 is 0 Å². The highest BCUT2D eigenvalue weighted by Crippen LogP contribution is 2.40. The van der Waals surface area contributed by atoms with Crippen LogP contribution in [0.15, 0.2) is 72.8 Å². The van der Waals surface area contributed by atoms with Gasteiger partial charge in [0.05, 0.1) is 0 Å². The summed E-state index contributed by atoms with van der Waals surface area (Å²) in [5.41, 5.74) is 0. The van der Waals surface area contributed by atoms with E-state index in [1.807, 2.05) is 88.4 Å². The van der Waals surface area contributed by atoms with E-state index in [1.165, 1.54) is 0 Å². The molecule has 8 nitrogen and oxygen atoms in total. The van der Waals surface area contributed by atoms with E-state index < -0.39 is 36.0 Å². The molecule has 2 N–H and O–H groups in total. The van der Waals surface area contributed by atoms with Gasteiger partial charge in [0, 0.05) is 0 Å². The zero-order chi connectivity index (χ0) is 28.1. The summed E-state index contributed by atoms with van der Waals surface area (Å²) in [6, 6.07) is 22.5. The third-order valence-electron chi connectivity index (χ3n) is 7.23. The molecule has 2 saturated heterocycles. The molecule has 40 heavy (non-hydrogen) atoms. The zero-order valence-corrected chi connectivity index (χ0v) is 23.0. The molecule has 2 aliphatic rings. The molecule has 2 aliphatic heterocycles. The summed E-state index contributed by atoms with van der Waals surface area (Å²) in [6.45, 7) is 7.61. The van der Waals surface area contributed by atoms with E-state index >= 15 is 0 Å². The molecule has 4 atom stereocenters. The van der Waals surface area contributed by atoms with Crippen molar-refractivity contribution >= 4 is 21.5 Å². The summed E-state index contributed by atoms with van der Waals surface area (Å²) in [5.74, 6) is -0.944. The number of fused-ring (bicyclic) bond motifs is 2. The largest absolute Gasteiger partial charge is 0.504 e. The van der Waals surface area contributed by atoms with Crippen molar-refractivity contribution in [2.24, 2.45) is 0 Å². The number of phenols is 2. The van der Waals surface area contributed by atoms with Gasteiger partial charge in [-0.3, -0.25) is 0 Å². The molecule has 0 spiro atoms. The zero-order valence-electron chi connectivity index (χ0n) is 23.0. The van der Waals surface area contributed by atoms with Crippen LogP contribution in [0.3, 0.4) is 0 Å². The minimum Gasteiger partial charge on any atom is -0.504 e. The van der Waals surface area contributed by atoms with Gasteiger partial charge in [-0.15, -0.1) is 0 Å². The molecule has 4 aromatic carbocycles. The van der Waals surface area contributed by atoms with Crippen LogP contribution in [-0.4, -0.2) is 59.4 Å². The first kappa shape index (κ1) is 26.7. The summed E-state index contributed by atoms with van der Waals surface area (Å²) in [4.78, 5) is 0. The molecule has 0 saturated carbocycles. The summed E-state index contributed by atoms with van der Waals surface area (Å²) in [6.07, 6.45) is -2.11. The Hall–Kier alpha value is -3.56. The fraction of sp³-hybridized carbons (Fsp3) is 0.375. The van der Waals surface area contributed by atoms with Crippen LogP contribution < -0.4 is 9.47 Å². The summed E-state index contributed by atoms with van der Waals surface area (Å²) in [7, 11) is 0. The van der Waals surface area contributed by atoms with Crippen molar-refractivity contribution in [2.75, 3.05) is 13.2 Å². The third-order valence-corrected chi connectivity index (χ3v) is 7.23. The van der Waals surface area contributed by atoms with E-state index in [-0.39, 0.29) is 24.7 Å². The van der Waals surface area contributed by atoms with E-state index in [2.05, 4.69) is 0 Å². The van der Waals surface area contributed by atoms with E-state index in [4.69, 9.17) is 28.4 Å². The molecule has 8 heteroatoms. The predicted molar refractivity (Wildman–Crippen MR) is 150 cm³/mol. The first-order valence-corrected chi connectivity index (χ1v) is 13.5. The summed E-state index contributed by atoms with van der Waals surface area (Å²) < 4.78 is 37.2. The Morgan fingerprint density at radius 2 is 0.925 bits per heavy atom. The van der Waals surface area contributed by atoms with Gasteiger partial charge in [-0.1, -0.05) is 48.5 Å². The maximum absolute atomic E-state index is 10.6. The molecule has 2 heterocycles. The molecule has 0 aromatic heterocycles. The number of ether oxygens (including phenoxy) is 6. The first-order valence-electron chi connectivity index (χ1n) is 13.5. The minimum absolute atomic E-state index is 0.0523. The van der Waals surface area contributed by atoms with Gasteiger partial charge in [-0.2, -0.15) is 0 Å². The number of hydrogen-bond donors (Lipinski definition) is 2. The van der Waals surface area contributed by atoms with Crippen molar-refractivity contribution in [3.63, 3.8) is 0 Å². The van der Waals surface area contributed by atoms with E-state index in [1.54, 1.807) is 12.1 Å². The molecule has 0 bridgehead atoms. The number of rotatable bonds is 7. The molecule has 0 radical (unpaired) electrons. The van der Waals surface area contributed by atoms with Crippen LogP contribution >= 0.6 is 0 Å². The minimum atomic E-state index is -0.887. The Morgan fingerprint density at radius 1 is 0.575 bits per heavy atom. The normalized spacial score (nSPS) is 25.4. The topological polar surface area (TPSA) is 95.8 Å². The van der Waals surface area contributed by atoms with Crippen molar-refractivity contribution in [2.45, 2.75) is 63.7 Å². The highest BCUT2D eigenvalue weighted by Gasteiger charge is 2.54. The summed E-state index contributed by atoms with van der Waals surface area (Å²) >= 11 is 0. The lowest BCUT2D eigenvalue weighted by atomic mass is 10.0. The van der Waals surface area contributed by atoms with Crippen molar-refractivity contribution < 1.29 is 38.6 Å². The standard InChI is InChI=1S/C32H34O8/c1-31(2)37-27(17-35-25-15-21-11-7-5-9-19(21)13-23(25)33)29(39-31)30-28(38-32(3,4)40-30)18-36-26-16-22-12-8-6-10-20(22)14-24(26)34/h5-16,27-30,33-34H,17-18H2,1-4H3/t27-,28+,29+,30-. The van der Waals surface area contributed by atoms with Gasteiger partial charge in [0.15, 0.2) is 34.6 Å². The number of aromatic hydroxyl groups is 2. The predicted octanol–water partition coefficient (Wildman–Crippen LogP) is 5.90. The van der Waals surface area contributed by atoms with Crippen LogP contribution in [0.4, 0.5) is 0 Å². The smallest absolute Gasteiger partial charge is 0.164 e. The molecule has 4 aromatic rings.